The normalized spacial score (nSPS) is 11.5. The van der Waals surface area contributed by atoms with E-state index < -0.39 is 0 Å². The minimum Gasteiger partial charge on any atom is -0.306 e. The number of nitrogens with zero attached hydrogens (tertiary/aromatic N) is 6. The molecule has 8 heteroatoms. The van der Waals surface area contributed by atoms with E-state index in [2.05, 4.69) is 46.3 Å². The number of hydrogen-bond donors (Lipinski definition) is 1. The van der Waals surface area contributed by atoms with Gasteiger partial charge < -0.3 is 5.32 Å². The van der Waals surface area contributed by atoms with E-state index in [0.717, 1.165) is 5.69 Å². The van der Waals surface area contributed by atoms with Crippen molar-refractivity contribution in [2.75, 3.05) is 5.32 Å². The van der Waals surface area contributed by atoms with Crippen LogP contribution in [0.5, 0.6) is 0 Å². The second kappa shape index (κ2) is 7.55. The van der Waals surface area contributed by atoms with Crippen molar-refractivity contribution in [2.45, 2.75) is 33.1 Å². The van der Waals surface area contributed by atoms with Gasteiger partial charge in [-0.1, -0.05) is 32.9 Å². The number of pyridine rings is 2. The molecule has 0 fully saturated rings. The van der Waals surface area contributed by atoms with Crippen molar-refractivity contribution >= 4 is 11.7 Å². The van der Waals surface area contributed by atoms with Crippen molar-refractivity contribution in [3.63, 3.8) is 0 Å². The summed E-state index contributed by atoms with van der Waals surface area (Å²) in [5.41, 5.74) is 1.83. The van der Waals surface area contributed by atoms with Crippen molar-refractivity contribution in [3.8, 4) is 11.6 Å². The minimum absolute atomic E-state index is 0.181. The standard InChI is InChI=1S/C22H23N7O/c1-15-16(14-25-28(15)18-9-5-7-11-23-18)21(30)26-20-13-17(22(2,3)4)27-29(20)19-10-6-8-12-24-19/h5-14H,1-4H3,(H,26,30). The van der Waals surface area contributed by atoms with Crippen LogP contribution in [0.2, 0.25) is 0 Å². The van der Waals surface area contributed by atoms with Crippen LogP contribution in [0.1, 0.15) is 42.5 Å². The summed E-state index contributed by atoms with van der Waals surface area (Å²) in [5, 5.41) is 12.0. The fourth-order valence-corrected chi connectivity index (χ4v) is 3.02. The number of rotatable bonds is 4. The van der Waals surface area contributed by atoms with Crippen LogP contribution in [0.4, 0.5) is 5.82 Å². The Labute approximate surface area is 174 Å². The van der Waals surface area contributed by atoms with Crippen LogP contribution in [0.3, 0.4) is 0 Å². The molecule has 4 rings (SSSR count). The molecule has 0 saturated heterocycles. The minimum atomic E-state index is -0.271. The predicted molar refractivity (Wildman–Crippen MR) is 114 cm³/mol. The maximum absolute atomic E-state index is 13.1. The van der Waals surface area contributed by atoms with E-state index in [4.69, 9.17) is 0 Å². The van der Waals surface area contributed by atoms with Crippen LogP contribution in [0.15, 0.2) is 61.1 Å². The third-order valence-electron chi connectivity index (χ3n) is 4.71. The molecule has 8 nitrogen and oxygen atoms in total. The Balaban J connectivity index is 1.69. The van der Waals surface area contributed by atoms with Gasteiger partial charge in [0.2, 0.25) is 0 Å². The number of carbonyl (C=O) groups is 1. The van der Waals surface area contributed by atoms with Crippen LogP contribution in [-0.4, -0.2) is 35.4 Å². The monoisotopic (exact) mass is 401 g/mol. The summed E-state index contributed by atoms with van der Waals surface area (Å²) in [6.45, 7) is 8.06. The molecule has 0 atom stereocenters. The van der Waals surface area contributed by atoms with Crippen molar-refractivity contribution in [1.29, 1.82) is 0 Å². The van der Waals surface area contributed by atoms with Gasteiger partial charge in [-0.25, -0.2) is 14.6 Å². The Hall–Kier alpha value is -3.81. The molecule has 4 aromatic heterocycles. The van der Waals surface area contributed by atoms with Crippen LogP contribution >= 0.6 is 0 Å². The number of carbonyl (C=O) groups excluding carboxylic acids is 1. The highest BCUT2D eigenvalue weighted by molar-refractivity contribution is 6.04. The average Bonchev–Trinajstić information content (AvgIpc) is 3.33. The third-order valence-corrected chi connectivity index (χ3v) is 4.71. The lowest BCUT2D eigenvalue weighted by molar-refractivity contribution is 0.102. The Kier molecular flexibility index (Phi) is 4.91. The van der Waals surface area contributed by atoms with Crippen molar-refractivity contribution in [2.24, 2.45) is 0 Å². The second-order valence-corrected chi connectivity index (χ2v) is 7.96. The Morgan fingerprint density at radius 1 is 0.967 bits per heavy atom. The molecular weight excluding hydrogens is 378 g/mol. The highest BCUT2D eigenvalue weighted by Crippen LogP contribution is 2.26. The summed E-state index contributed by atoms with van der Waals surface area (Å²) in [7, 11) is 0. The Morgan fingerprint density at radius 2 is 1.60 bits per heavy atom. The molecule has 1 amide bonds. The number of aromatic nitrogens is 6. The van der Waals surface area contributed by atoms with Gasteiger partial charge in [0.25, 0.3) is 5.91 Å². The first-order valence-corrected chi connectivity index (χ1v) is 9.64. The van der Waals surface area contributed by atoms with E-state index >= 15 is 0 Å². The predicted octanol–water partition coefficient (Wildman–Crippen LogP) is 3.71. The third kappa shape index (κ3) is 3.71. The fourth-order valence-electron chi connectivity index (χ4n) is 3.02. The van der Waals surface area contributed by atoms with E-state index in [1.165, 1.54) is 0 Å². The van der Waals surface area contributed by atoms with Gasteiger partial charge in [-0.2, -0.15) is 14.9 Å². The average molecular weight is 401 g/mol. The van der Waals surface area contributed by atoms with Gasteiger partial charge in [0.05, 0.1) is 23.1 Å². The van der Waals surface area contributed by atoms with Crippen molar-refractivity contribution in [1.82, 2.24) is 29.5 Å². The fraction of sp³-hybridized carbons (Fsp3) is 0.227. The van der Waals surface area contributed by atoms with Gasteiger partial charge in [0, 0.05) is 23.9 Å². The summed E-state index contributed by atoms with van der Waals surface area (Å²) in [6.07, 6.45) is 4.93. The van der Waals surface area contributed by atoms with Gasteiger partial charge in [-0.3, -0.25) is 4.79 Å². The molecule has 0 unspecified atom stereocenters. The molecule has 0 spiro atoms. The zero-order chi connectivity index (χ0) is 21.3. The number of anilines is 1. The second-order valence-electron chi connectivity index (χ2n) is 7.96. The van der Waals surface area contributed by atoms with E-state index in [9.17, 15) is 4.79 Å². The van der Waals surface area contributed by atoms with Crippen molar-refractivity contribution < 1.29 is 4.79 Å². The molecule has 152 valence electrons. The SMILES string of the molecule is Cc1c(C(=O)Nc2cc(C(C)(C)C)nn2-c2ccccn2)cnn1-c1ccccn1. The number of amides is 1. The first kappa shape index (κ1) is 19.5. The lowest BCUT2D eigenvalue weighted by atomic mass is 9.92. The molecule has 4 aromatic rings. The molecule has 0 aromatic carbocycles. The van der Waals surface area contributed by atoms with Crippen LogP contribution < -0.4 is 5.32 Å². The van der Waals surface area contributed by atoms with Crippen molar-refractivity contribution in [3.05, 3.63) is 78.0 Å². The maximum Gasteiger partial charge on any atom is 0.260 e. The van der Waals surface area contributed by atoms with Crippen LogP contribution in [-0.2, 0) is 5.41 Å². The van der Waals surface area contributed by atoms with E-state index in [1.807, 2.05) is 49.4 Å². The summed E-state index contributed by atoms with van der Waals surface area (Å²) >= 11 is 0. The summed E-state index contributed by atoms with van der Waals surface area (Å²) < 4.78 is 3.29. The lowest BCUT2D eigenvalue weighted by Crippen LogP contribution is -2.16. The van der Waals surface area contributed by atoms with E-state index in [1.54, 1.807) is 28.0 Å². The first-order chi connectivity index (χ1) is 14.3. The van der Waals surface area contributed by atoms with E-state index in [-0.39, 0.29) is 11.3 Å². The smallest absolute Gasteiger partial charge is 0.260 e. The zero-order valence-corrected chi connectivity index (χ0v) is 17.4. The number of hydrogen-bond acceptors (Lipinski definition) is 5. The van der Waals surface area contributed by atoms with Gasteiger partial charge in [-0.05, 0) is 31.2 Å². The molecule has 0 saturated carbocycles. The molecule has 4 heterocycles. The quantitative estimate of drug-likeness (QED) is 0.563. The zero-order valence-electron chi connectivity index (χ0n) is 17.4. The molecule has 0 aliphatic carbocycles. The highest BCUT2D eigenvalue weighted by Gasteiger charge is 2.23. The molecule has 0 radical (unpaired) electrons. The van der Waals surface area contributed by atoms with Gasteiger partial charge in [-0.15, -0.1) is 0 Å². The molecule has 0 aliphatic rings. The Morgan fingerprint density at radius 3 is 2.17 bits per heavy atom. The molecular formula is C22H23N7O. The van der Waals surface area contributed by atoms with Crippen LogP contribution in [0, 0.1) is 6.92 Å². The molecule has 1 N–H and O–H groups in total. The molecule has 0 aliphatic heterocycles. The maximum atomic E-state index is 13.1. The van der Waals surface area contributed by atoms with E-state index in [0.29, 0.717) is 28.7 Å². The van der Waals surface area contributed by atoms with Gasteiger partial charge in [0.1, 0.15) is 5.82 Å². The summed E-state index contributed by atoms with van der Waals surface area (Å²) in [6, 6.07) is 13.0. The summed E-state index contributed by atoms with van der Waals surface area (Å²) in [5.74, 6) is 1.56. The Bertz CT molecular complexity index is 1170. The summed E-state index contributed by atoms with van der Waals surface area (Å²) in [4.78, 5) is 21.7. The van der Waals surface area contributed by atoms with Gasteiger partial charge in [0.15, 0.2) is 11.6 Å². The largest absolute Gasteiger partial charge is 0.306 e. The molecule has 0 bridgehead atoms. The van der Waals surface area contributed by atoms with Gasteiger partial charge >= 0.3 is 0 Å². The van der Waals surface area contributed by atoms with Crippen LogP contribution in [0.25, 0.3) is 11.6 Å². The lowest BCUT2D eigenvalue weighted by Gasteiger charge is -2.13. The highest BCUT2D eigenvalue weighted by atomic mass is 16.1. The molecule has 30 heavy (non-hydrogen) atoms. The first-order valence-electron chi connectivity index (χ1n) is 9.64. The number of nitrogens with one attached hydrogen (secondary N) is 1. The topological polar surface area (TPSA) is 90.5 Å².